The Morgan fingerprint density at radius 1 is 1.14 bits per heavy atom. The van der Waals surface area contributed by atoms with Gasteiger partial charge in [0.05, 0.1) is 12.4 Å². The van der Waals surface area contributed by atoms with Gasteiger partial charge in [0, 0.05) is 17.3 Å². The lowest BCUT2D eigenvalue weighted by molar-refractivity contribution is -0.122. The molecule has 2 amide bonds. The molecule has 5 nitrogen and oxygen atoms in total. The summed E-state index contributed by atoms with van der Waals surface area (Å²) in [6.07, 6.45) is 3.12. The first kappa shape index (κ1) is 18.9. The smallest absolute Gasteiger partial charge is 0.238 e. The molecule has 1 saturated carbocycles. The van der Waals surface area contributed by atoms with Gasteiger partial charge in [0.25, 0.3) is 0 Å². The summed E-state index contributed by atoms with van der Waals surface area (Å²) in [5.41, 5.74) is 2.72. The number of carbonyl (C=O) groups is 2. The Balaban J connectivity index is 1.48. The van der Waals surface area contributed by atoms with Crippen LogP contribution in [0.1, 0.15) is 37.1 Å². The second-order valence-corrected chi connectivity index (χ2v) is 8.16. The van der Waals surface area contributed by atoms with Crippen molar-refractivity contribution < 1.29 is 14.3 Å². The van der Waals surface area contributed by atoms with Crippen LogP contribution in [-0.4, -0.2) is 24.2 Å². The van der Waals surface area contributed by atoms with Crippen LogP contribution in [0.3, 0.4) is 0 Å². The minimum Gasteiger partial charge on any atom is -0.494 e. The zero-order chi connectivity index (χ0) is 19.5. The number of ether oxygens (including phenoxy) is 1. The normalized spacial score (nSPS) is 19.4. The molecule has 0 aromatic heterocycles. The fourth-order valence-corrected chi connectivity index (χ4v) is 4.64. The van der Waals surface area contributed by atoms with Crippen LogP contribution in [0.15, 0.2) is 48.5 Å². The summed E-state index contributed by atoms with van der Waals surface area (Å²) in [4.78, 5) is 26.5. The van der Waals surface area contributed by atoms with Gasteiger partial charge in [-0.15, -0.1) is 11.8 Å². The van der Waals surface area contributed by atoms with Crippen molar-refractivity contribution in [3.8, 4) is 5.75 Å². The zero-order valence-electron chi connectivity index (χ0n) is 15.9. The predicted octanol–water partition coefficient (Wildman–Crippen LogP) is 4.60. The zero-order valence-corrected chi connectivity index (χ0v) is 16.7. The molecule has 2 fully saturated rings. The molecule has 2 aromatic rings. The molecule has 0 radical (unpaired) electrons. The molecule has 6 heteroatoms. The van der Waals surface area contributed by atoms with Gasteiger partial charge in [0.2, 0.25) is 11.8 Å². The molecule has 1 aliphatic heterocycles. The summed E-state index contributed by atoms with van der Waals surface area (Å²) in [6, 6.07) is 15.5. The van der Waals surface area contributed by atoms with Crippen LogP contribution in [0.4, 0.5) is 11.4 Å². The SMILES string of the molecule is CCOc1ccc(N2C(=O)CSC2c2ccc(NC(=O)C3CCC3)cc2)cc1. The Morgan fingerprint density at radius 3 is 2.46 bits per heavy atom. The summed E-state index contributed by atoms with van der Waals surface area (Å²) >= 11 is 1.62. The van der Waals surface area contributed by atoms with Crippen LogP contribution in [0.5, 0.6) is 5.75 Å². The minimum atomic E-state index is -0.0678. The summed E-state index contributed by atoms with van der Waals surface area (Å²) < 4.78 is 5.49. The fourth-order valence-electron chi connectivity index (χ4n) is 3.47. The highest BCUT2D eigenvalue weighted by Gasteiger charge is 2.34. The number of hydrogen-bond acceptors (Lipinski definition) is 4. The third kappa shape index (κ3) is 3.87. The van der Waals surface area contributed by atoms with Crippen LogP contribution in [0.25, 0.3) is 0 Å². The number of thioether (sulfide) groups is 1. The molecular formula is C22H24N2O3S. The van der Waals surface area contributed by atoms with E-state index in [4.69, 9.17) is 4.74 Å². The van der Waals surface area contributed by atoms with E-state index in [1.54, 1.807) is 11.8 Å². The number of nitrogens with one attached hydrogen (secondary N) is 1. The molecule has 0 spiro atoms. The van der Waals surface area contributed by atoms with Crippen LogP contribution >= 0.6 is 11.8 Å². The number of benzene rings is 2. The van der Waals surface area contributed by atoms with E-state index in [9.17, 15) is 9.59 Å². The maximum atomic E-state index is 12.5. The third-order valence-corrected chi connectivity index (χ3v) is 6.45. The highest BCUT2D eigenvalue weighted by molar-refractivity contribution is 8.00. The standard InChI is InChI=1S/C22H24N2O3S/c1-2-27-19-12-10-18(11-13-19)24-20(25)14-28-22(24)16-6-8-17(9-7-16)23-21(26)15-4-3-5-15/h6-13,15,22H,2-5,14H2,1H3,(H,23,26). The van der Waals surface area contributed by atoms with Crippen LogP contribution in [0.2, 0.25) is 0 Å². The Morgan fingerprint density at radius 2 is 1.86 bits per heavy atom. The molecule has 4 rings (SSSR count). The second-order valence-electron chi connectivity index (χ2n) is 7.09. The highest BCUT2D eigenvalue weighted by atomic mass is 32.2. The van der Waals surface area contributed by atoms with Crippen LogP contribution in [-0.2, 0) is 9.59 Å². The van der Waals surface area contributed by atoms with Gasteiger partial charge in [0.15, 0.2) is 0 Å². The topological polar surface area (TPSA) is 58.6 Å². The number of hydrogen-bond donors (Lipinski definition) is 1. The van der Waals surface area contributed by atoms with E-state index in [0.29, 0.717) is 12.4 Å². The molecule has 1 heterocycles. The van der Waals surface area contributed by atoms with Gasteiger partial charge >= 0.3 is 0 Å². The first-order valence-corrected chi connectivity index (χ1v) is 10.8. The lowest BCUT2D eigenvalue weighted by atomic mass is 9.85. The van der Waals surface area contributed by atoms with E-state index >= 15 is 0 Å². The largest absolute Gasteiger partial charge is 0.494 e. The quantitative estimate of drug-likeness (QED) is 0.775. The third-order valence-electron chi connectivity index (χ3n) is 5.23. The molecule has 1 unspecified atom stereocenters. The molecule has 1 atom stereocenters. The summed E-state index contributed by atoms with van der Waals surface area (Å²) in [6.45, 7) is 2.56. The van der Waals surface area contributed by atoms with Gasteiger partial charge in [-0.2, -0.15) is 0 Å². The molecule has 146 valence electrons. The van der Waals surface area contributed by atoms with Crippen molar-refractivity contribution in [1.29, 1.82) is 0 Å². The average Bonchev–Trinajstić information content (AvgIpc) is 3.03. The Kier molecular flexibility index (Phi) is 5.57. The van der Waals surface area contributed by atoms with Crippen molar-refractivity contribution in [2.75, 3.05) is 22.6 Å². The van der Waals surface area contributed by atoms with Gasteiger partial charge < -0.3 is 10.1 Å². The number of nitrogens with zero attached hydrogens (tertiary/aromatic N) is 1. The number of anilines is 2. The Hall–Kier alpha value is -2.47. The first-order valence-electron chi connectivity index (χ1n) is 9.73. The molecule has 2 aliphatic rings. The van der Waals surface area contributed by atoms with E-state index in [1.807, 2.05) is 60.4 Å². The van der Waals surface area contributed by atoms with Gasteiger partial charge in [-0.3, -0.25) is 14.5 Å². The summed E-state index contributed by atoms with van der Waals surface area (Å²) in [5.74, 6) is 1.63. The molecule has 2 aromatic carbocycles. The van der Waals surface area contributed by atoms with Gasteiger partial charge in [0.1, 0.15) is 11.1 Å². The van der Waals surface area contributed by atoms with Gasteiger partial charge in [-0.05, 0) is 61.7 Å². The lowest BCUT2D eigenvalue weighted by Gasteiger charge is -2.25. The number of amides is 2. The van der Waals surface area contributed by atoms with Crippen molar-refractivity contribution in [3.05, 3.63) is 54.1 Å². The van der Waals surface area contributed by atoms with E-state index in [-0.39, 0.29) is 23.1 Å². The fraction of sp³-hybridized carbons (Fsp3) is 0.364. The predicted molar refractivity (Wildman–Crippen MR) is 113 cm³/mol. The maximum absolute atomic E-state index is 12.5. The van der Waals surface area contributed by atoms with E-state index in [1.165, 1.54) is 0 Å². The van der Waals surface area contributed by atoms with Crippen molar-refractivity contribution in [2.45, 2.75) is 31.6 Å². The van der Waals surface area contributed by atoms with Crippen LogP contribution < -0.4 is 15.0 Å². The number of carbonyl (C=O) groups excluding carboxylic acids is 2. The van der Waals surface area contributed by atoms with E-state index in [2.05, 4.69) is 5.32 Å². The van der Waals surface area contributed by atoms with Crippen molar-refractivity contribution in [1.82, 2.24) is 0 Å². The molecule has 1 saturated heterocycles. The highest BCUT2D eigenvalue weighted by Crippen LogP contribution is 2.42. The summed E-state index contributed by atoms with van der Waals surface area (Å²) in [7, 11) is 0. The molecule has 28 heavy (non-hydrogen) atoms. The lowest BCUT2D eigenvalue weighted by Crippen LogP contribution is -2.28. The summed E-state index contributed by atoms with van der Waals surface area (Å²) in [5, 5.41) is 2.92. The van der Waals surface area contributed by atoms with Crippen molar-refractivity contribution >= 4 is 35.0 Å². The molecule has 1 N–H and O–H groups in total. The molecule has 0 bridgehead atoms. The Labute approximate surface area is 169 Å². The second kappa shape index (κ2) is 8.27. The maximum Gasteiger partial charge on any atom is 0.238 e. The van der Waals surface area contributed by atoms with Crippen molar-refractivity contribution in [2.24, 2.45) is 5.92 Å². The monoisotopic (exact) mass is 396 g/mol. The van der Waals surface area contributed by atoms with E-state index in [0.717, 1.165) is 42.0 Å². The molecule has 1 aliphatic carbocycles. The number of rotatable bonds is 6. The van der Waals surface area contributed by atoms with E-state index < -0.39 is 0 Å². The minimum absolute atomic E-state index is 0.0678. The van der Waals surface area contributed by atoms with Gasteiger partial charge in [-0.25, -0.2) is 0 Å². The van der Waals surface area contributed by atoms with Crippen LogP contribution in [0, 0.1) is 5.92 Å². The average molecular weight is 397 g/mol. The van der Waals surface area contributed by atoms with Gasteiger partial charge in [-0.1, -0.05) is 18.6 Å². The molecular weight excluding hydrogens is 372 g/mol. The first-order chi connectivity index (χ1) is 13.7. The van der Waals surface area contributed by atoms with Crippen molar-refractivity contribution in [3.63, 3.8) is 0 Å². The Bertz CT molecular complexity index is 847.